The average molecular weight is 366 g/mol. The van der Waals surface area contributed by atoms with Gasteiger partial charge in [0.05, 0.1) is 14.2 Å². The van der Waals surface area contributed by atoms with E-state index < -0.39 is 0 Å². The predicted molar refractivity (Wildman–Crippen MR) is 104 cm³/mol. The molecule has 0 aliphatic carbocycles. The highest BCUT2D eigenvalue weighted by Crippen LogP contribution is 2.31. The van der Waals surface area contributed by atoms with Crippen molar-refractivity contribution in [3.63, 3.8) is 0 Å². The van der Waals surface area contributed by atoms with Gasteiger partial charge in [0, 0.05) is 16.0 Å². The third-order valence-corrected chi connectivity index (χ3v) is 4.83. The van der Waals surface area contributed by atoms with E-state index in [4.69, 9.17) is 9.47 Å². The van der Waals surface area contributed by atoms with Crippen molar-refractivity contribution in [2.45, 2.75) is 0 Å². The summed E-state index contributed by atoms with van der Waals surface area (Å²) in [5.41, 5.74) is 2.32. The maximum atomic E-state index is 12.4. The maximum Gasteiger partial charge on any atom is 0.185 e. The Morgan fingerprint density at radius 3 is 2.54 bits per heavy atom. The number of hydrogen-bond donors (Lipinski definition) is 1. The number of carbonyl (C=O) groups excluding carboxylic acids is 1. The molecule has 1 heterocycles. The molecule has 0 amide bonds. The van der Waals surface area contributed by atoms with Crippen molar-refractivity contribution in [1.29, 1.82) is 0 Å². The molecule has 132 valence electrons. The summed E-state index contributed by atoms with van der Waals surface area (Å²) in [5, 5.41) is 11.7. The molecule has 0 bridgehead atoms. The lowest BCUT2D eigenvalue weighted by Crippen LogP contribution is -1.96. The Labute approximate surface area is 156 Å². The highest BCUT2D eigenvalue weighted by molar-refractivity contribution is 7.13. The molecular weight excluding hydrogens is 348 g/mol. The minimum atomic E-state index is -0.188. The van der Waals surface area contributed by atoms with Gasteiger partial charge in [0.2, 0.25) is 0 Å². The fourth-order valence-electron chi connectivity index (χ4n) is 2.55. The highest BCUT2D eigenvalue weighted by Gasteiger charge is 2.09. The van der Waals surface area contributed by atoms with Crippen LogP contribution < -0.4 is 9.47 Å². The topological polar surface area (TPSA) is 55.8 Å². The number of ether oxygens (including phenoxy) is 2. The quantitative estimate of drug-likeness (QED) is 0.491. The third-order valence-electron chi connectivity index (χ3n) is 3.91. The predicted octanol–water partition coefficient (Wildman–Crippen LogP) is 5.03. The van der Waals surface area contributed by atoms with Crippen LogP contribution in [0.5, 0.6) is 17.2 Å². The number of aromatic hydroxyl groups is 1. The van der Waals surface area contributed by atoms with Gasteiger partial charge in [-0.05, 0) is 65.6 Å². The third kappa shape index (κ3) is 3.78. The van der Waals surface area contributed by atoms with Gasteiger partial charge < -0.3 is 14.6 Å². The van der Waals surface area contributed by atoms with Gasteiger partial charge in [-0.2, -0.15) is 0 Å². The zero-order chi connectivity index (χ0) is 18.5. The number of benzene rings is 2. The van der Waals surface area contributed by atoms with Crippen LogP contribution in [0.4, 0.5) is 0 Å². The van der Waals surface area contributed by atoms with Crippen molar-refractivity contribution < 1.29 is 19.4 Å². The lowest BCUT2D eigenvalue weighted by molar-refractivity contribution is 0.104. The van der Waals surface area contributed by atoms with Crippen molar-refractivity contribution in [3.05, 3.63) is 71.1 Å². The molecule has 4 nitrogen and oxygen atoms in total. The molecule has 3 rings (SSSR count). The standard InChI is InChI=1S/C21H18O4S/c1-24-19-10-7-16(21-4-3-11-26-21)12-15(19)6-8-17(22)14-5-9-18(23)20(13-14)25-2/h3-13,23H,1-2H3. The first-order valence-corrected chi connectivity index (χ1v) is 8.81. The van der Waals surface area contributed by atoms with E-state index in [1.54, 1.807) is 30.6 Å². The van der Waals surface area contributed by atoms with Gasteiger partial charge in [-0.25, -0.2) is 0 Å². The number of allylic oxidation sites excluding steroid dienone is 1. The number of phenols is 1. The van der Waals surface area contributed by atoms with Crippen LogP contribution in [0.15, 0.2) is 60.0 Å². The Balaban J connectivity index is 1.89. The van der Waals surface area contributed by atoms with Crippen molar-refractivity contribution in [2.75, 3.05) is 14.2 Å². The van der Waals surface area contributed by atoms with E-state index in [9.17, 15) is 9.90 Å². The van der Waals surface area contributed by atoms with Crippen LogP contribution in [0, 0.1) is 0 Å². The van der Waals surface area contributed by atoms with Crippen molar-refractivity contribution in [1.82, 2.24) is 0 Å². The summed E-state index contributed by atoms with van der Waals surface area (Å²) in [6.45, 7) is 0. The lowest BCUT2D eigenvalue weighted by Gasteiger charge is -2.07. The second-order valence-corrected chi connectivity index (χ2v) is 6.47. The maximum absolute atomic E-state index is 12.4. The summed E-state index contributed by atoms with van der Waals surface area (Å²) in [4.78, 5) is 13.6. The average Bonchev–Trinajstić information content (AvgIpc) is 3.21. The summed E-state index contributed by atoms with van der Waals surface area (Å²) in [7, 11) is 3.05. The Bertz CT molecular complexity index is 943. The largest absolute Gasteiger partial charge is 0.504 e. The molecule has 0 aliphatic heterocycles. The molecule has 1 aromatic heterocycles. The number of phenolic OH excluding ortho intramolecular Hbond substituents is 1. The molecule has 0 aliphatic rings. The van der Waals surface area contributed by atoms with E-state index in [2.05, 4.69) is 0 Å². The summed E-state index contributed by atoms with van der Waals surface area (Å²) in [5.74, 6) is 0.768. The zero-order valence-electron chi connectivity index (χ0n) is 14.4. The molecule has 5 heteroatoms. The molecular formula is C21H18O4S. The smallest absolute Gasteiger partial charge is 0.185 e. The molecule has 0 radical (unpaired) electrons. The SMILES string of the molecule is COc1cc(C(=O)C=Cc2cc(-c3cccs3)ccc2OC)ccc1O. The lowest BCUT2D eigenvalue weighted by atomic mass is 10.1. The highest BCUT2D eigenvalue weighted by atomic mass is 32.1. The number of methoxy groups -OCH3 is 2. The molecule has 0 unspecified atom stereocenters. The Kier molecular flexibility index (Phi) is 5.39. The van der Waals surface area contributed by atoms with Crippen LogP contribution in [-0.4, -0.2) is 25.1 Å². The van der Waals surface area contributed by atoms with Gasteiger partial charge >= 0.3 is 0 Å². The first-order valence-electron chi connectivity index (χ1n) is 7.93. The molecule has 0 atom stereocenters. The van der Waals surface area contributed by atoms with E-state index in [0.29, 0.717) is 11.3 Å². The molecule has 0 saturated carbocycles. The molecule has 0 spiro atoms. The van der Waals surface area contributed by atoms with Gasteiger partial charge in [0.15, 0.2) is 17.3 Å². The van der Waals surface area contributed by atoms with E-state index in [-0.39, 0.29) is 17.3 Å². The summed E-state index contributed by atoms with van der Waals surface area (Å²) < 4.78 is 10.4. The first-order chi connectivity index (χ1) is 12.6. The van der Waals surface area contributed by atoms with Crippen LogP contribution in [0.1, 0.15) is 15.9 Å². The molecule has 3 aromatic rings. The molecule has 1 N–H and O–H groups in total. The Morgan fingerprint density at radius 2 is 1.85 bits per heavy atom. The summed E-state index contributed by atoms with van der Waals surface area (Å²) >= 11 is 1.66. The van der Waals surface area contributed by atoms with E-state index >= 15 is 0 Å². The van der Waals surface area contributed by atoms with Gasteiger partial charge in [-0.1, -0.05) is 6.07 Å². The minimum Gasteiger partial charge on any atom is -0.504 e. The van der Waals surface area contributed by atoms with Gasteiger partial charge in [-0.15, -0.1) is 11.3 Å². The minimum absolute atomic E-state index is 0.00153. The van der Waals surface area contributed by atoms with E-state index in [1.165, 1.54) is 25.3 Å². The fourth-order valence-corrected chi connectivity index (χ4v) is 3.28. The van der Waals surface area contributed by atoms with Crippen molar-refractivity contribution in [3.8, 4) is 27.7 Å². The fraction of sp³-hybridized carbons (Fsp3) is 0.0952. The number of ketones is 1. The van der Waals surface area contributed by atoms with Crippen LogP contribution in [-0.2, 0) is 0 Å². The first kappa shape index (κ1) is 17.8. The van der Waals surface area contributed by atoms with Crippen LogP contribution >= 0.6 is 11.3 Å². The number of hydrogen-bond acceptors (Lipinski definition) is 5. The second-order valence-electron chi connectivity index (χ2n) is 5.52. The van der Waals surface area contributed by atoms with Crippen LogP contribution in [0.25, 0.3) is 16.5 Å². The number of carbonyl (C=O) groups is 1. The zero-order valence-corrected chi connectivity index (χ0v) is 15.2. The number of rotatable bonds is 6. The van der Waals surface area contributed by atoms with Crippen molar-refractivity contribution >= 4 is 23.2 Å². The Morgan fingerprint density at radius 1 is 1.04 bits per heavy atom. The van der Waals surface area contributed by atoms with Crippen LogP contribution in [0.3, 0.4) is 0 Å². The van der Waals surface area contributed by atoms with Gasteiger partial charge in [0.1, 0.15) is 5.75 Å². The van der Waals surface area contributed by atoms with Gasteiger partial charge in [0.25, 0.3) is 0 Å². The second kappa shape index (κ2) is 7.89. The monoisotopic (exact) mass is 366 g/mol. The Hall–Kier alpha value is -3.05. The van der Waals surface area contributed by atoms with Gasteiger partial charge in [-0.3, -0.25) is 4.79 Å². The van der Waals surface area contributed by atoms with Crippen LogP contribution in [0.2, 0.25) is 0 Å². The molecule has 26 heavy (non-hydrogen) atoms. The van der Waals surface area contributed by atoms with E-state index in [1.807, 2.05) is 35.7 Å². The molecule has 0 saturated heterocycles. The molecule has 2 aromatic carbocycles. The van der Waals surface area contributed by atoms with Crippen molar-refractivity contribution in [2.24, 2.45) is 0 Å². The summed E-state index contributed by atoms with van der Waals surface area (Å²) in [6.07, 6.45) is 3.22. The number of thiophene rings is 1. The molecule has 0 fully saturated rings. The summed E-state index contributed by atoms with van der Waals surface area (Å²) in [6, 6.07) is 14.4. The van der Waals surface area contributed by atoms with E-state index in [0.717, 1.165) is 16.0 Å². The normalized spacial score (nSPS) is 10.8.